The van der Waals surface area contributed by atoms with Crippen molar-refractivity contribution in [1.82, 2.24) is 19.4 Å². The smallest absolute Gasteiger partial charge is 0.280 e. The first-order valence-corrected chi connectivity index (χ1v) is 10.3. The monoisotopic (exact) mass is 428 g/mol. The van der Waals surface area contributed by atoms with Crippen LogP contribution in [0.4, 0.5) is 8.78 Å². The van der Waals surface area contributed by atoms with E-state index in [4.69, 9.17) is 9.47 Å². The van der Waals surface area contributed by atoms with E-state index in [0.29, 0.717) is 35.0 Å². The third kappa shape index (κ3) is 3.78. The Morgan fingerprint density at radius 3 is 2.68 bits per heavy atom. The van der Waals surface area contributed by atoms with E-state index in [1.807, 2.05) is 20.0 Å². The number of rotatable bonds is 7. The minimum absolute atomic E-state index is 0.00878. The van der Waals surface area contributed by atoms with Gasteiger partial charge in [0.25, 0.3) is 6.43 Å². The Balaban J connectivity index is 1.46. The summed E-state index contributed by atoms with van der Waals surface area (Å²) in [5.41, 5.74) is 1.09. The molecule has 0 spiro atoms. The summed E-state index contributed by atoms with van der Waals surface area (Å²) in [6.45, 7) is 5.27. The number of alkyl halides is 2. The number of ether oxygens (including phenoxy) is 2. The Kier molecular flexibility index (Phi) is 4.92. The molecule has 0 N–H and O–H groups in total. The van der Waals surface area contributed by atoms with Gasteiger partial charge in [-0.05, 0) is 37.8 Å². The number of aromatic nitrogens is 4. The molecule has 0 bridgehead atoms. The van der Waals surface area contributed by atoms with E-state index >= 15 is 0 Å². The second kappa shape index (κ2) is 7.64. The normalized spacial score (nSPS) is 22.3. The maximum absolute atomic E-state index is 13.0. The molecule has 2 unspecified atom stereocenters. The van der Waals surface area contributed by atoms with Gasteiger partial charge in [0.2, 0.25) is 11.7 Å². The highest BCUT2D eigenvalue weighted by Crippen LogP contribution is 2.57. The number of carbonyl (C=O) groups excluding carboxylic acids is 1. The maximum atomic E-state index is 13.0. The number of Topliss-reactive ketones (excluding diaryl/α,β-unsaturated/α-hetero) is 1. The molecular formula is C22H22F2N4O3. The summed E-state index contributed by atoms with van der Waals surface area (Å²) >= 11 is 0. The van der Waals surface area contributed by atoms with Crippen molar-refractivity contribution in [2.75, 3.05) is 13.2 Å². The lowest BCUT2D eigenvalue weighted by Crippen LogP contribution is -2.14. The lowest BCUT2D eigenvalue weighted by molar-refractivity contribution is 0.0983. The van der Waals surface area contributed by atoms with Gasteiger partial charge in [-0.1, -0.05) is 6.07 Å². The van der Waals surface area contributed by atoms with Crippen molar-refractivity contribution in [1.29, 1.82) is 0 Å². The van der Waals surface area contributed by atoms with E-state index in [0.717, 1.165) is 18.9 Å². The molecule has 9 heteroatoms. The largest absolute Gasteiger partial charge is 0.475 e. The summed E-state index contributed by atoms with van der Waals surface area (Å²) in [5, 5.41) is 0. The average Bonchev–Trinajstić information content (AvgIpc) is 3.04. The van der Waals surface area contributed by atoms with Crippen molar-refractivity contribution in [3.63, 3.8) is 0 Å². The number of carbonyl (C=O) groups is 1. The average molecular weight is 428 g/mol. The number of imidazole rings is 1. The molecule has 4 heterocycles. The van der Waals surface area contributed by atoms with Gasteiger partial charge in [0.05, 0.1) is 25.0 Å². The Labute approximate surface area is 177 Å². The van der Waals surface area contributed by atoms with Crippen LogP contribution < -0.4 is 4.74 Å². The minimum atomic E-state index is -2.73. The van der Waals surface area contributed by atoms with Gasteiger partial charge in [-0.3, -0.25) is 9.20 Å². The molecule has 0 amide bonds. The van der Waals surface area contributed by atoms with E-state index in [2.05, 4.69) is 15.0 Å². The highest BCUT2D eigenvalue weighted by Gasteiger charge is 2.55. The number of ketones is 1. The Hall–Kier alpha value is -2.94. The number of hydrogen-bond acceptors (Lipinski definition) is 6. The highest BCUT2D eigenvalue weighted by molar-refractivity contribution is 5.96. The van der Waals surface area contributed by atoms with Gasteiger partial charge in [-0.2, -0.15) is 4.98 Å². The van der Waals surface area contributed by atoms with E-state index in [9.17, 15) is 13.6 Å². The zero-order valence-corrected chi connectivity index (χ0v) is 17.2. The van der Waals surface area contributed by atoms with E-state index in [1.54, 1.807) is 10.6 Å². The number of hydrogen-bond donors (Lipinski definition) is 0. The zero-order valence-electron chi connectivity index (χ0n) is 17.2. The molecule has 3 aromatic heterocycles. The topological polar surface area (TPSA) is 78.6 Å². The first-order chi connectivity index (χ1) is 14.9. The third-order valence-electron chi connectivity index (χ3n) is 5.77. The molecule has 3 aromatic rings. The summed E-state index contributed by atoms with van der Waals surface area (Å²) < 4.78 is 39.0. The van der Waals surface area contributed by atoms with Crippen molar-refractivity contribution < 1.29 is 23.0 Å². The summed E-state index contributed by atoms with van der Waals surface area (Å²) in [6.07, 6.45) is 0.760. The summed E-state index contributed by atoms with van der Waals surface area (Å²) in [5.74, 6) is 1.86. The fraction of sp³-hybridized carbons (Fsp3) is 0.455. The van der Waals surface area contributed by atoms with Crippen LogP contribution in [-0.4, -0.2) is 44.5 Å². The fourth-order valence-corrected chi connectivity index (χ4v) is 4.24. The van der Waals surface area contributed by atoms with Gasteiger partial charge in [0.1, 0.15) is 11.4 Å². The van der Waals surface area contributed by atoms with Crippen molar-refractivity contribution in [2.24, 2.45) is 11.8 Å². The molecule has 2 atom stereocenters. The first kappa shape index (κ1) is 20.0. The SMILES string of the molecule is CC(C)Oc1nc2nc(C3C4COCC43)cn2cc1CC(=O)c1cccc(C(F)F)n1. The van der Waals surface area contributed by atoms with Crippen molar-refractivity contribution in [2.45, 2.75) is 38.7 Å². The van der Waals surface area contributed by atoms with Gasteiger partial charge in [0.15, 0.2) is 5.78 Å². The predicted octanol–water partition coefficient (Wildman–Crippen LogP) is 3.63. The van der Waals surface area contributed by atoms with Crippen LogP contribution in [0.3, 0.4) is 0 Å². The van der Waals surface area contributed by atoms with Crippen LogP contribution in [0.25, 0.3) is 5.78 Å². The molecule has 2 fully saturated rings. The molecule has 2 aliphatic rings. The molecule has 5 rings (SSSR count). The van der Waals surface area contributed by atoms with Gasteiger partial charge in [-0.25, -0.2) is 18.7 Å². The second-order valence-corrected chi connectivity index (χ2v) is 8.35. The van der Waals surface area contributed by atoms with Gasteiger partial charge >= 0.3 is 0 Å². The fourth-order valence-electron chi connectivity index (χ4n) is 4.24. The second-order valence-electron chi connectivity index (χ2n) is 8.35. The molecule has 7 nitrogen and oxygen atoms in total. The molecule has 31 heavy (non-hydrogen) atoms. The lowest BCUT2D eigenvalue weighted by atomic mass is 10.1. The third-order valence-corrected chi connectivity index (χ3v) is 5.77. The highest BCUT2D eigenvalue weighted by atomic mass is 19.3. The van der Waals surface area contributed by atoms with Gasteiger partial charge in [-0.15, -0.1) is 0 Å². The standard InChI is InChI=1S/C22H22F2N4O3/c1-11(2)31-21-12(6-18(29)15-4-3-5-16(25-15)20(23)24)7-28-8-17(26-22(28)27-21)19-13-9-30-10-14(13)19/h3-5,7-8,11,13-14,19-20H,6,9-10H2,1-2H3. The van der Waals surface area contributed by atoms with E-state index < -0.39 is 12.1 Å². The van der Waals surface area contributed by atoms with Crippen molar-refractivity contribution in [3.8, 4) is 5.88 Å². The summed E-state index contributed by atoms with van der Waals surface area (Å²) in [4.78, 5) is 25.8. The molecule has 1 aliphatic heterocycles. The predicted molar refractivity (Wildman–Crippen MR) is 107 cm³/mol. The molecular weight excluding hydrogens is 406 g/mol. The quantitative estimate of drug-likeness (QED) is 0.535. The summed E-state index contributed by atoms with van der Waals surface area (Å²) in [6, 6.07) is 4.05. The number of fused-ring (bicyclic) bond motifs is 2. The maximum Gasteiger partial charge on any atom is 0.280 e. The van der Waals surface area contributed by atoms with Crippen LogP contribution in [0.2, 0.25) is 0 Å². The van der Waals surface area contributed by atoms with Crippen LogP contribution >= 0.6 is 0 Å². The Morgan fingerprint density at radius 1 is 1.19 bits per heavy atom. The van der Waals surface area contributed by atoms with Gasteiger partial charge in [0, 0.05) is 30.3 Å². The molecule has 1 saturated carbocycles. The molecule has 0 radical (unpaired) electrons. The Morgan fingerprint density at radius 2 is 1.97 bits per heavy atom. The lowest BCUT2D eigenvalue weighted by Gasteiger charge is -2.13. The van der Waals surface area contributed by atoms with Gasteiger partial charge < -0.3 is 9.47 Å². The van der Waals surface area contributed by atoms with E-state index in [1.165, 1.54) is 18.2 Å². The number of nitrogens with zero attached hydrogens (tertiary/aromatic N) is 4. The number of halogens is 2. The van der Waals surface area contributed by atoms with Crippen LogP contribution in [0.5, 0.6) is 5.88 Å². The van der Waals surface area contributed by atoms with Crippen molar-refractivity contribution >= 4 is 11.6 Å². The van der Waals surface area contributed by atoms with Crippen LogP contribution in [0.15, 0.2) is 30.6 Å². The van der Waals surface area contributed by atoms with Crippen LogP contribution in [0, 0.1) is 11.8 Å². The zero-order chi connectivity index (χ0) is 21.7. The Bertz CT molecular complexity index is 1140. The van der Waals surface area contributed by atoms with Crippen molar-refractivity contribution in [3.05, 3.63) is 53.2 Å². The van der Waals surface area contributed by atoms with Crippen LogP contribution in [-0.2, 0) is 11.2 Å². The van der Waals surface area contributed by atoms with Crippen LogP contribution in [0.1, 0.15) is 53.6 Å². The molecule has 0 aromatic carbocycles. The minimum Gasteiger partial charge on any atom is -0.475 e. The molecule has 1 saturated heterocycles. The first-order valence-electron chi connectivity index (χ1n) is 10.3. The number of pyridine rings is 1. The molecule has 1 aliphatic carbocycles. The molecule has 162 valence electrons. The van der Waals surface area contributed by atoms with E-state index in [-0.39, 0.29) is 24.0 Å². The summed E-state index contributed by atoms with van der Waals surface area (Å²) in [7, 11) is 0.